The molecular formula is C51H101NO6. The number of hydrogen-bond acceptors (Lipinski definition) is 7. The molecule has 4 atom stereocenters. The lowest BCUT2D eigenvalue weighted by molar-refractivity contribution is -0.184. The van der Waals surface area contributed by atoms with Gasteiger partial charge in [-0.15, -0.1) is 0 Å². The molecule has 1 rings (SSSR count). The van der Waals surface area contributed by atoms with Crippen molar-refractivity contribution in [1.29, 1.82) is 0 Å². The van der Waals surface area contributed by atoms with E-state index in [0.717, 1.165) is 19.3 Å². The molecule has 7 heteroatoms. The van der Waals surface area contributed by atoms with Crippen molar-refractivity contribution in [2.75, 3.05) is 47.1 Å². The van der Waals surface area contributed by atoms with Crippen molar-refractivity contribution in [1.82, 2.24) is 4.90 Å². The Kier molecular flexibility index (Phi) is 40.9. The highest BCUT2D eigenvalue weighted by Gasteiger charge is 2.47. The molecule has 0 aromatic rings. The van der Waals surface area contributed by atoms with E-state index in [9.17, 15) is 4.79 Å². The SMILES string of the molecule is CCCCCCCCCCCCCCOC1[C@@H](COC(=O)CN(C)C)O[C@@H](OCCCCCCCCCCCCCC)[C@H]1OCCCCCCCCCCCCCC. The monoisotopic (exact) mass is 824 g/mol. The van der Waals surface area contributed by atoms with E-state index >= 15 is 0 Å². The lowest BCUT2D eigenvalue weighted by Crippen LogP contribution is -2.40. The van der Waals surface area contributed by atoms with Crippen molar-refractivity contribution >= 4 is 5.97 Å². The average Bonchev–Trinajstić information content (AvgIpc) is 3.54. The maximum atomic E-state index is 12.6. The Morgan fingerprint density at radius 3 is 1.03 bits per heavy atom. The summed E-state index contributed by atoms with van der Waals surface area (Å²) in [6.07, 6.45) is 45.9. The smallest absolute Gasteiger partial charge is 0.320 e. The van der Waals surface area contributed by atoms with Crippen LogP contribution in [0.15, 0.2) is 0 Å². The average molecular weight is 824 g/mol. The summed E-state index contributed by atoms with van der Waals surface area (Å²) in [5, 5.41) is 0. The lowest BCUT2D eigenvalue weighted by Gasteiger charge is -2.25. The van der Waals surface area contributed by atoms with Crippen LogP contribution in [0.3, 0.4) is 0 Å². The molecule has 1 aliphatic heterocycles. The number of ether oxygens (including phenoxy) is 5. The number of unbranched alkanes of at least 4 members (excludes halogenated alkanes) is 33. The van der Waals surface area contributed by atoms with Crippen LogP contribution in [0.1, 0.15) is 252 Å². The maximum absolute atomic E-state index is 12.6. The summed E-state index contributed by atoms with van der Waals surface area (Å²) in [6, 6.07) is 0. The van der Waals surface area contributed by atoms with Gasteiger partial charge in [0.05, 0.1) is 6.54 Å². The molecule has 1 heterocycles. The number of carbonyl (C=O) groups excluding carboxylic acids is 1. The first-order valence-corrected chi connectivity index (χ1v) is 25.8. The lowest BCUT2D eigenvalue weighted by atomic mass is 10.1. The molecule has 1 unspecified atom stereocenters. The molecular weight excluding hydrogens is 723 g/mol. The second kappa shape index (κ2) is 42.9. The van der Waals surface area contributed by atoms with Gasteiger partial charge in [-0.3, -0.25) is 9.69 Å². The number of nitrogens with zero attached hydrogens (tertiary/aromatic N) is 1. The zero-order chi connectivity index (χ0) is 42.0. The van der Waals surface area contributed by atoms with Gasteiger partial charge >= 0.3 is 5.97 Å². The molecule has 58 heavy (non-hydrogen) atoms. The Balaban J connectivity index is 2.61. The minimum absolute atomic E-state index is 0.159. The van der Waals surface area contributed by atoms with Crippen molar-refractivity contribution in [2.24, 2.45) is 0 Å². The van der Waals surface area contributed by atoms with Gasteiger partial charge in [0.15, 0.2) is 6.29 Å². The third-order valence-electron chi connectivity index (χ3n) is 12.0. The van der Waals surface area contributed by atoms with Crippen LogP contribution in [0.2, 0.25) is 0 Å². The third kappa shape index (κ3) is 33.9. The van der Waals surface area contributed by atoms with Gasteiger partial charge < -0.3 is 23.7 Å². The molecule has 0 aliphatic carbocycles. The van der Waals surface area contributed by atoms with Crippen LogP contribution in [0.5, 0.6) is 0 Å². The molecule has 0 aromatic carbocycles. The van der Waals surface area contributed by atoms with E-state index in [-0.39, 0.29) is 31.3 Å². The molecule has 7 nitrogen and oxygen atoms in total. The number of carbonyl (C=O) groups is 1. The van der Waals surface area contributed by atoms with Gasteiger partial charge in [0.2, 0.25) is 0 Å². The molecule has 1 aliphatic rings. The summed E-state index contributed by atoms with van der Waals surface area (Å²) in [4.78, 5) is 14.4. The van der Waals surface area contributed by atoms with E-state index in [4.69, 9.17) is 23.7 Å². The highest BCUT2D eigenvalue weighted by molar-refractivity contribution is 5.71. The molecule has 0 saturated carbocycles. The molecule has 0 amide bonds. The molecule has 0 radical (unpaired) electrons. The zero-order valence-corrected chi connectivity index (χ0v) is 39.7. The quantitative estimate of drug-likeness (QED) is 0.0447. The van der Waals surface area contributed by atoms with Crippen LogP contribution < -0.4 is 0 Å². The Morgan fingerprint density at radius 2 is 0.707 bits per heavy atom. The van der Waals surface area contributed by atoms with Crippen LogP contribution in [0.25, 0.3) is 0 Å². The van der Waals surface area contributed by atoms with Crippen molar-refractivity contribution < 1.29 is 28.5 Å². The molecule has 0 N–H and O–H groups in total. The Bertz CT molecular complexity index is 842. The van der Waals surface area contributed by atoms with Crippen molar-refractivity contribution in [3.05, 3.63) is 0 Å². The first-order chi connectivity index (χ1) is 28.5. The largest absolute Gasteiger partial charge is 0.462 e. The summed E-state index contributed by atoms with van der Waals surface area (Å²) in [5.41, 5.74) is 0. The fourth-order valence-corrected chi connectivity index (χ4v) is 8.28. The predicted molar refractivity (Wildman–Crippen MR) is 247 cm³/mol. The van der Waals surface area contributed by atoms with E-state index in [1.807, 2.05) is 19.0 Å². The standard InChI is InChI=1S/C51H101NO6/c1-6-9-12-15-18-21-24-27-30-33-36-39-42-54-49-47(46-57-48(53)45-52(4)5)58-51(56-44-41-38-35-32-29-26-23-20-17-14-11-8-3)50(49)55-43-40-37-34-31-28-25-22-19-16-13-10-7-2/h47,49-51H,6-46H2,1-5H3/t47-,49?,50+,51-/m1/s1. The first kappa shape index (κ1) is 55.3. The minimum Gasteiger partial charge on any atom is -0.462 e. The molecule has 346 valence electrons. The molecule has 1 fully saturated rings. The summed E-state index contributed by atoms with van der Waals surface area (Å²) >= 11 is 0. The fourth-order valence-electron chi connectivity index (χ4n) is 8.28. The van der Waals surface area contributed by atoms with Crippen LogP contribution >= 0.6 is 0 Å². The van der Waals surface area contributed by atoms with Crippen molar-refractivity contribution in [3.63, 3.8) is 0 Å². The Morgan fingerprint density at radius 1 is 0.414 bits per heavy atom. The van der Waals surface area contributed by atoms with E-state index in [1.165, 1.54) is 212 Å². The number of hydrogen-bond donors (Lipinski definition) is 0. The van der Waals surface area contributed by atoms with Gasteiger partial charge in [-0.25, -0.2) is 0 Å². The maximum Gasteiger partial charge on any atom is 0.320 e. The van der Waals surface area contributed by atoms with Crippen LogP contribution in [-0.4, -0.2) is 82.5 Å². The van der Waals surface area contributed by atoms with Gasteiger partial charge in [0, 0.05) is 19.8 Å². The number of likely N-dealkylation sites (N-methyl/N-ethyl adjacent to an activating group) is 1. The number of rotatable bonds is 46. The zero-order valence-electron chi connectivity index (χ0n) is 39.7. The molecule has 0 spiro atoms. The second-order valence-corrected chi connectivity index (χ2v) is 18.2. The van der Waals surface area contributed by atoms with Crippen LogP contribution in [0, 0.1) is 0 Å². The van der Waals surface area contributed by atoms with Crippen LogP contribution in [0.4, 0.5) is 0 Å². The van der Waals surface area contributed by atoms with Crippen molar-refractivity contribution in [2.45, 2.75) is 277 Å². The van der Waals surface area contributed by atoms with E-state index < -0.39 is 12.4 Å². The third-order valence-corrected chi connectivity index (χ3v) is 12.0. The fraction of sp³-hybridized carbons (Fsp3) is 0.980. The molecule has 0 bridgehead atoms. The van der Waals surface area contributed by atoms with Gasteiger partial charge in [-0.05, 0) is 33.4 Å². The van der Waals surface area contributed by atoms with Gasteiger partial charge in [-0.1, -0.05) is 233 Å². The normalized spacial score (nSPS) is 18.2. The topological polar surface area (TPSA) is 66.5 Å². The second-order valence-electron chi connectivity index (χ2n) is 18.2. The minimum atomic E-state index is -0.505. The van der Waals surface area contributed by atoms with E-state index in [0.29, 0.717) is 19.8 Å². The van der Waals surface area contributed by atoms with Gasteiger partial charge in [0.25, 0.3) is 0 Å². The van der Waals surface area contributed by atoms with E-state index in [1.54, 1.807) is 0 Å². The van der Waals surface area contributed by atoms with E-state index in [2.05, 4.69) is 20.8 Å². The summed E-state index contributed by atoms with van der Waals surface area (Å²) in [6.45, 7) is 9.26. The first-order valence-electron chi connectivity index (χ1n) is 25.8. The summed E-state index contributed by atoms with van der Waals surface area (Å²) < 4.78 is 31.9. The van der Waals surface area contributed by atoms with Gasteiger partial charge in [0.1, 0.15) is 24.9 Å². The molecule has 1 saturated heterocycles. The molecule has 0 aromatic heterocycles. The Hall–Kier alpha value is -0.730. The van der Waals surface area contributed by atoms with Crippen molar-refractivity contribution in [3.8, 4) is 0 Å². The Labute approximate surface area is 361 Å². The number of esters is 1. The highest BCUT2D eigenvalue weighted by Crippen LogP contribution is 2.29. The van der Waals surface area contributed by atoms with Crippen LogP contribution in [-0.2, 0) is 28.5 Å². The van der Waals surface area contributed by atoms with Gasteiger partial charge in [-0.2, -0.15) is 0 Å². The predicted octanol–water partition coefficient (Wildman–Crippen LogP) is 14.7. The summed E-state index contributed by atoms with van der Waals surface area (Å²) in [7, 11) is 3.76. The summed E-state index contributed by atoms with van der Waals surface area (Å²) in [5.74, 6) is -0.247. The highest BCUT2D eigenvalue weighted by atomic mass is 16.7.